The monoisotopic (exact) mass is 616 g/mol. The molecule has 2 aromatic heterocycles. The van der Waals surface area contributed by atoms with Crippen molar-refractivity contribution in [2.75, 3.05) is 0 Å². The predicted molar refractivity (Wildman–Crippen MR) is 162 cm³/mol. The van der Waals surface area contributed by atoms with Crippen molar-refractivity contribution in [3.05, 3.63) is 130 Å². The fourth-order valence-corrected chi connectivity index (χ4v) is 7.55. The first kappa shape index (κ1) is 25.8. The number of nitrogens with zero attached hydrogens (tertiary/aromatic N) is 8. The fraction of sp³-hybridized carbons (Fsp3) is 0.125. The van der Waals surface area contributed by atoms with Gasteiger partial charge in [0.25, 0.3) is 0 Å². The van der Waals surface area contributed by atoms with Gasteiger partial charge < -0.3 is 10.4 Å². The van der Waals surface area contributed by atoms with Gasteiger partial charge in [0.1, 0.15) is 25.0 Å². The smallest absolute Gasteiger partial charge is 0.317 e. The number of aliphatic imine (C=N–C) groups is 2. The quantitative estimate of drug-likeness (QED) is 0.288. The minimum atomic E-state index is -1.59. The molecule has 0 bridgehead atoms. The number of rotatable bonds is 2. The number of halogens is 2. The molecule has 0 spiro atoms. The highest BCUT2D eigenvalue weighted by atomic mass is 19.1. The van der Waals surface area contributed by atoms with Gasteiger partial charge in [0.2, 0.25) is 11.3 Å². The summed E-state index contributed by atoms with van der Waals surface area (Å²) < 4.78 is 32.6. The number of imidazole rings is 2. The molecule has 0 amide bonds. The van der Waals surface area contributed by atoms with Crippen molar-refractivity contribution >= 4 is 45.9 Å². The highest BCUT2D eigenvalue weighted by Crippen LogP contribution is 2.59. The van der Waals surface area contributed by atoms with Gasteiger partial charge in [-0.3, -0.25) is 18.9 Å². The second-order valence-electron chi connectivity index (χ2n) is 11.7. The molecule has 10 rings (SSSR count). The number of guanidine groups is 2. The summed E-state index contributed by atoms with van der Waals surface area (Å²) in [6, 6.07) is 26.5. The highest BCUT2D eigenvalue weighted by molar-refractivity contribution is 5.89. The van der Waals surface area contributed by atoms with E-state index in [2.05, 4.69) is 9.97 Å². The van der Waals surface area contributed by atoms with Gasteiger partial charge in [-0.25, -0.2) is 18.9 Å². The second-order valence-corrected chi connectivity index (χ2v) is 11.7. The minimum Gasteiger partial charge on any atom is -0.619 e. The zero-order valence-electron chi connectivity index (χ0n) is 23.8. The van der Waals surface area contributed by atoms with Gasteiger partial charge in [0.15, 0.2) is 0 Å². The van der Waals surface area contributed by atoms with Gasteiger partial charge in [-0.2, -0.15) is 20.0 Å². The Bertz CT molecular complexity index is 2150. The molecular weight excluding hydrogens is 594 g/mol. The Morgan fingerprint density at radius 2 is 0.957 bits per heavy atom. The van der Waals surface area contributed by atoms with Crippen LogP contribution in [0, 0.1) is 22.0 Å². The Morgan fingerprint density at radius 1 is 0.565 bits per heavy atom. The van der Waals surface area contributed by atoms with E-state index in [0.29, 0.717) is 22.2 Å². The number of nitrogens with one attached hydrogen (secondary N) is 2. The van der Waals surface area contributed by atoms with Gasteiger partial charge in [0, 0.05) is 11.1 Å². The summed E-state index contributed by atoms with van der Waals surface area (Å²) in [5.41, 5.74) is 0.597. The maximum absolute atomic E-state index is 14.5. The first-order valence-corrected chi connectivity index (χ1v) is 14.7. The SMILES string of the molecule is [O-][NH+]1C2=NC3(c4ccc(F)cc4)N4Cn5c(nc6ccccc65)[NH+]([O-])C4=NC3(c3ccc(F)cc3)N2Cn2c1nc1ccccc12. The molecule has 4 aliphatic heterocycles. The molecule has 4 aliphatic rings. The van der Waals surface area contributed by atoms with Crippen molar-refractivity contribution in [3.63, 3.8) is 0 Å². The number of fused-ring (bicyclic) bond motifs is 11. The molecular formula is C32H22F2N10O2. The molecule has 46 heavy (non-hydrogen) atoms. The van der Waals surface area contributed by atoms with Crippen LogP contribution in [0.4, 0.5) is 20.7 Å². The van der Waals surface area contributed by atoms with Crippen LogP contribution in [0.3, 0.4) is 0 Å². The van der Waals surface area contributed by atoms with Crippen molar-refractivity contribution in [1.29, 1.82) is 0 Å². The summed E-state index contributed by atoms with van der Waals surface area (Å²) in [6.07, 6.45) is 0. The van der Waals surface area contributed by atoms with Crippen LogP contribution in [0.25, 0.3) is 22.1 Å². The first-order valence-electron chi connectivity index (χ1n) is 14.7. The molecule has 0 saturated heterocycles. The summed E-state index contributed by atoms with van der Waals surface area (Å²) in [7, 11) is 0. The van der Waals surface area contributed by atoms with E-state index in [4.69, 9.17) is 9.98 Å². The molecule has 2 N–H and O–H groups in total. The van der Waals surface area contributed by atoms with Crippen LogP contribution < -0.4 is 10.1 Å². The van der Waals surface area contributed by atoms with E-state index in [1.165, 1.54) is 24.3 Å². The van der Waals surface area contributed by atoms with E-state index in [1.54, 1.807) is 43.2 Å². The Labute approximate surface area is 258 Å². The van der Waals surface area contributed by atoms with E-state index in [1.807, 2.05) is 48.5 Å². The molecule has 4 atom stereocenters. The Hall–Kier alpha value is -5.54. The van der Waals surface area contributed by atoms with Gasteiger partial charge in [-0.1, -0.05) is 48.5 Å². The third-order valence-electron chi connectivity index (χ3n) is 9.49. The number of benzene rings is 4. The lowest BCUT2D eigenvalue weighted by atomic mass is 9.81. The number of hydroxylamine groups is 2. The average Bonchev–Trinajstić information content (AvgIpc) is 3.79. The summed E-state index contributed by atoms with van der Waals surface area (Å²) >= 11 is 0. The molecule has 4 aromatic carbocycles. The largest absolute Gasteiger partial charge is 0.619 e. The minimum absolute atomic E-state index is 0.0907. The van der Waals surface area contributed by atoms with Crippen molar-refractivity contribution in [2.24, 2.45) is 9.98 Å². The molecule has 0 aliphatic carbocycles. The third kappa shape index (κ3) is 2.94. The fourth-order valence-electron chi connectivity index (χ4n) is 7.55. The molecule has 12 nitrogen and oxygen atoms in total. The zero-order chi connectivity index (χ0) is 30.9. The topological polar surface area (TPSA) is 122 Å². The van der Waals surface area contributed by atoms with Gasteiger partial charge in [-0.05, 0) is 48.5 Å². The Kier molecular flexibility index (Phi) is 4.81. The van der Waals surface area contributed by atoms with Crippen LogP contribution in [-0.2, 0) is 24.7 Å². The Balaban J connectivity index is 1.30. The molecule has 6 heterocycles. The number of para-hydroxylation sites is 4. The van der Waals surface area contributed by atoms with Crippen molar-refractivity contribution in [2.45, 2.75) is 24.7 Å². The van der Waals surface area contributed by atoms with Gasteiger partial charge >= 0.3 is 23.8 Å². The lowest BCUT2D eigenvalue weighted by Crippen LogP contribution is -3.09. The number of quaternary nitrogens is 2. The molecule has 226 valence electrons. The van der Waals surface area contributed by atoms with E-state index >= 15 is 0 Å². The first-order chi connectivity index (χ1) is 22.4. The van der Waals surface area contributed by atoms with E-state index < -0.39 is 33.1 Å². The van der Waals surface area contributed by atoms with E-state index in [0.717, 1.165) is 11.0 Å². The highest BCUT2D eigenvalue weighted by Gasteiger charge is 2.75. The molecule has 0 saturated carbocycles. The van der Waals surface area contributed by atoms with Crippen LogP contribution in [0.5, 0.6) is 0 Å². The van der Waals surface area contributed by atoms with E-state index in [-0.39, 0.29) is 37.2 Å². The second kappa shape index (κ2) is 8.58. The summed E-state index contributed by atoms with van der Waals surface area (Å²) in [5.74, 6) is -0.297. The van der Waals surface area contributed by atoms with Gasteiger partial charge in [-0.15, -0.1) is 0 Å². The van der Waals surface area contributed by atoms with Crippen molar-refractivity contribution in [3.8, 4) is 0 Å². The van der Waals surface area contributed by atoms with Crippen LogP contribution in [0.1, 0.15) is 11.1 Å². The number of hydrogen-bond acceptors (Lipinski definition) is 8. The van der Waals surface area contributed by atoms with Gasteiger partial charge in [0.05, 0.1) is 22.1 Å². The molecule has 6 aromatic rings. The predicted octanol–water partition coefficient (Wildman–Crippen LogP) is 2.38. The van der Waals surface area contributed by atoms with E-state index in [9.17, 15) is 19.2 Å². The van der Waals surface area contributed by atoms with Crippen LogP contribution in [0.15, 0.2) is 107 Å². The Morgan fingerprint density at radius 3 is 1.37 bits per heavy atom. The third-order valence-corrected chi connectivity index (χ3v) is 9.49. The van der Waals surface area contributed by atoms with Crippen LogP contribution >= 0.6 is 0 Å². The molecule has 0 fully saturated rings. The summed E-state index contributed by atoms with van der Waals surface area (Å²) in [5, 5.41) is 27.9. The molecule has 0 radical (unpaired) electrons. The number of aromatic nitrogens is 4. The van der Waals surface area contributed by atoms with Crippen LogP contribution in [-0.4, -0.2) is 40.8 Å². The maximum Gasteiger partial charge on any atom is 0.317 e. The van der Waals surface area contributed by atoms with Crippen LogP contribution in [0.2, 0.25) is 0 Å². The normalized spacial score (nSPS) is 26.0. The molecule has 14 heteroatoms. The standard InChI is InChI=1S/C32H22F2N10O2/c33-21-13-9-19(10-14-21)31-32(20-11-15-22(34)16-12-20,37-29-41(31)17-39-25-7-3-1-5-23(25)35-27(39)43(29)45)42-18-40-26-8-4-2-6-24(26)36-28(40)44(46)30(42)38-31/h1-16,43-44H,17-18H2. The summed E-state index contributed by atoms with van der Waals surface area (Å²) in [6.45, 7) is 0.208. The molecule has 4 unspecified atom stereocenters. The zero-order valence-corrected chi connectivity index (χ0v) is 23.8. The maximum atomic E-state index is 14.5. The lowest BCUT2D eigenvalue weighted by molar-refractivity contribution is -0.690. The number of hydrogen-bond donors (Lipinski definition) is 2. The van der Waals surface area contributed by atoms with Crippen molar-refractivity contribution in [1.82, 2.24) is 28.9 Å². The summed E-state index contributed by atoms with van der Waals surface area (Å²) in [4.78, 5) is 23.3. The van der Waals surface area contributed by atoms with Crippen molar-refractivity contribution < 1.29 is 18.9 Å². The lowest BCUT2D eigenvalue weighted by Gasteiger charge is -2.46. The average molecular weight is 617 g/mol.